The van der Waals surface area contributed by atoms with Gasteiger partial charge in [0.1, 0.15) is 0 Å². The molecule has 0 unspecified atom stereocenters. The van der Waals surface area contributed by atoms with Crippen LogP contribution in [0.4, 0.5) is 11.4 Å². The number of hydrogen-bond acceptors (Lipinski definition) is 8. The molecule has 0 bridgehead atoms. The standard InChI is InChI=1S/C34H31BrN2O7/c1-17-13-26(38)30-24(31(17)39)16-23-21(28(30)18-14-25(35)32(40)27(15-18)43-2)7-8-22-29(23)34(42)37(33(22)41)20-5-3-19(4-6-20)36-9-11-44-12-10-36/h3-7,13-15,22-23,28-29,40H,8-12,16H2,1-2H3/t22-,23+,28-,29-/m0/s1. The Labute approximate surface area is 262 Å². The molecule has 0 aromatic heterocycles. The maximum atomic E-state index is 14.2. The minimum absolute atomic E-state index is 0.0795. The van der Waals surface area contributed by atoms with E-state index in [-0.39, 0.29) is 41.3 Å². The first-order valence-electron chi connectivity index (χ1n) is 14.8. The number of methoxy groups -OCH3 is 1. The third-order valence-electron chi connectivity index (χ3n) is 9.65. The molecular weight excluding hydrogens is 628 g/mol. The largest absolute Gasteiger partial charge is 0.503 e. The molecule has 2 amide bonds. The molecule has 10 heteroatoms. The van der Waals surface area contributed by atoms with Crippen LogP contribution in [0.15, 0.2) is 75.3 Å². The van der Waals surface area contributed by atoms with E-state index in [9.17, 15) is 24.3 Å². The highest BCUT2D eigenvalue weighted by molar-refractivity contribution is 9.10. The minimum Gasteiger partial charge on any atom is -0.503 e. The number of phenols is 1. The fourth-order valence-electron chi connectivity index (χ4n) is 7.57. The van der Waals surface area contributed by atoms with Crippen LogP contribution in [0.5, 0.6) is 11.5 Å². The quantitative estimate of drug-likeness (QED) is 0.287. The van der Waals surface area contributed by atoms with Crippen LogP contribution < -0.4 is 14.5 Å². The lowest BCUT2D eigenvalue weighted by Gasteiger charge is -2.42. The molecule has 2 aromatic carbocycles. The highest BCUT2D eigenvalue weighted by Crippen LogP contribution is 2.56. The molecule has 3 aliphatic carbocycles. The van der Waals surface area contributed by atoms with Crippen LogP contribution in [0, 0.1) is 17.8 Å². The summed E-state index contributed by atoms with van der Waals surface area (Å²) in [7, 11) is 1.44. The molecule has 44 heavy (non-hydrogen) atoms. The Morgan fingerprint density at radius 3 is 2.39 bits per heavy atom. The van der Waals surface area contributed by atoms with Gasteiger partial charge in [0.25, 0.3) is 0 Å². The van der Waals surface area contributed by atoms with Gasteiger partial charge < -0.3 is 19.5 Å². The third kappa shape index (κ3) is 4.37. The lowest BCUT2D eigenvalue weighted by molar-refractivity contribution is -0.123. The van der Waals surface area contributed by atoms with Crippen LogP contribution in [0.2, 0.25) is 0 Å². The Morgan fingerprint density at radius 2 is 1.68 bits per heavy atom. The molecule has 1 N–H and O–H groups in total. The molecule has 0 saturated carbocycles. The summed E-state index contributed by atoms with van der Waals surface area (Å²) < 4.78 is 11.2. The first-order valence-corrected chi connectivity index (χ1v) is 15.6. The molecule has 226 valence electrons. The summed E-state index contributed by atoms with van der Waals surface area (Å²) in [6.45, 7) is 4.49. The van der Waals surface area contributed by atoms with Gasteiger partial charge >= 0.3 is 0 Å². The van der Waals surface area contributed by atoms with E-state index in [1.807, 2.05) is 30.3 Å². The number of allylic oxidation sites excluding steroid dienone is 6. The number of halogens is 1. The van der Waals surface area contributed by atoms with Crippen molar-refractivity contribution in [1.29, 1.82) is 0 Å². The van der Waals surface area contributed by atoms with Crippen molar-refractivity contribution >= 4 is 50.7 Å². The highest BCUT2D eigenvalue weighted by atomic mass is 79.9. The number of imide groups is 1. The molecular formula is C34H31BrN2O7. The summed E-state index contributed by atoms with van der Waals surface area (Å²) in [5, 5.41) is 10.5. The van der Waals surface area contributed by atoms with E-state index in [4.69, 9.17) is 9.47 Å². The van der Waals surface area contributed by atoms with Gasteiger partial charge in [-0.25, -0.2) is 0 Å². The van der Waals surface area contributed by atoms with Crippen LogP contribution >= 0.6 is 15.9 Å². The van der Waals surface area contributed by atoms with Crippen molar-refractivity contribution in [3.05, 3.63) is 80.9 Å². The van der Waals surface area contributed by atoms with Crippen LogP contribution in [0.1, 0.15) is 31.2 Å². The lowest BCUT2D eigenvalue weighted by Crippen LogP contribution is -2.39. The fourth-order valence-corrected chi connectivity index (χ4v) is 8.03. The Hall–Kier alpha value is -4.02. The molecule has 2 aromatic rings. The van der Waals surface area contributed by atoms with Crippen LogP contribution in [-0.4, -0.2) is 61.9 Å². The fraction of sp³-hybridized carbons (Fsp3) is 0.353. The maximum absolute atomic E-state index is 14.2. The number of ketones is 2. The Kier molecular flexibility index (Phi) is 7.09. The number of rotatable bonds is 4. The molecule has 2 heterocycles. The number of carbonyl (C=O) groups is 4. The normalized spacial score (nSPS) is 26.7. The Balaban J connectivity index is 1.28. The van der Waals surface area contributed by atoms with Crippen LogP contribution in [0.3, 0.4) is 0 Å². The highest BCUT2D eigenvalue weighted by Gasteiger charge is 2.56. The van der Waals surface area contributed by atoms with Crippen molar-refractivity contribution in [3.8, 4) is 11.5 Å². The van der Waals surface area contributed by atoms with Gasteiger partial charge in [0.2, 0.25) is 11.8 Å². The number of aromatic hydroxyl groups is 1. The molecule has 0 radical (unpaired) electrons. The number of anilines is 2. The number of benzene rings is 2. The topological polar surface area (TPSA) is 113 Å². The van der Waals surface area contributed by atoms with E-state index in [1.54, 1.807) is 19.1 Å². The lowest BCUT2D eigenvalue weighted by atomic mass is 9.59. The Bertz CT molecular complexity index is 1720. The minimum atomic E-state index is -0.672. The van der Waals surface area contributed by atoms with Gasteiger partial charge in [-0.2, -0.15) is 0 Å². The number of carbonyl (C=O) groups excluding carboxylic acids is 4. The Morgan fingerprint density at radius 1 is 0.977 bits per heavy atom. The summed E-state index contributed by atoms with van der Waals surface area (Å²) in [4.78, 5) is 58.6. The van der Waals surface area contributed by atoms with Gasteiger partial charge in [0.15, 0.2) is 23.1 Å². The van der Waals surface area contributed by atoms with E-state index < -0.39 is 23.7 Å². The molecule has 2 saturated heterocycles. The smallest absolute Gasteiger partial charge is 0.238 e. The number of morpholine rings is 1. The summed E-state index contributed by atoms with van der Waals surface area (Å²) in [6.07, 6.45) is 3.90. The molecule has 4 atom stereocenters. The maximum Gasteiger partial charge on any atom is 0.238 e. The number of Topliss-reactive ketones (excluding diaryl/α,β-unsaturated/α-hetero) is 1. The molecule has 2 aliphatic heterocycles. The molecule has 5 aliphatic rings. The van der Waals surface area contributed by atoms with E-state index >= 15 is 0 Å². The van der Waals surface area contributed by atoms with Crippen LogP contribution in [-0.2, 0) is 23.9 Å². The molecule has 7 rings (SSSR count). The van der Waals surface area contributed by atoms with Crippen LogP contribution in [0.25, 0.3) is 0 Å². The second-order valence-electron chi connectivity index (χ2n) is 11.9. The van der Waals surface area contributed by atoms with E-state index in [0.29, 0.717) is 52.1 Å². The average Bonchev–Trinajstić information content (AvgIpc) is 3.30. The van der Waals surface area contributed by atoms with Crippen molar-refractivity contribution in [2.45, 2.75) is 25.7 Å². The first-order chi connectivity index (χ1) is 21.2. The number of nitrogens with zero attached hydrogens (tertiary/aromatic N) is 2. The van der Waals surface area contributed by atoms with Crippen molar-refractivity contribution in [3.63, 3.8) is 0 Å². The number of ether oxygens (including phenoxy) is 2. The van der Waals surface area contributed by atoms with Crippen molar-refractivity contribution in [1.82, 2.24) is 0 Å². The van der Waals surface area contributed by atoms with E-state index in [1.165, 1.54) is 18.1 Å². The number of fused-ring (bicyclic) bond motifs is 3. The zero-order valence-corrected chi connectivity index (χ0v) is 25.9. The summed E-state index contributed by atoms with van der Waals surface area (Å²) in [5.74, 6) is -3.19. The number of amides is 2. The summed E-state index contributed by atoms with van der Waals surface area (Å²) in [5.41, 5.74) is 4.14. The van der Waals surface area contributed by atoms with E-state index in [0.717, 1.165) is 24.4 Å². The second kappa shape index (κ2) is 10.9. The molecule has 9 nitrogen and oxygen atoms in total. The van der Waals surface area contributed by atoms with Crippen molar-refractivity contribution < 1.29 is 33.8 Å². The summed E-state index contributed by atoms with van der Waals surface area (Å²) in [6, 6.07) is 10.9. The van der Waals surface area contributed by atoms with Gasteiger partial charge in [-0.3, -0.25) is 24.1 Å². The average molecular weight is 660 g/mol. The SMILES string of the molecule is COc1cc([C@H]2C3=CC[C@@H]4C(=O)N(c5ccc(N6CCOCC6)cc5)C(=O)[C@@H]4[C@@H]3CC3=C2C(=O)C=C(C)C3=O)cc(Br)c1O. The number of phenolic OH excluding ortho intramolecular Hbond substituents is 1. The van der Waals surface area contributed by atoms with Gasteiger partial charge in [0.05, 0.1) is 42.3 Å². The predicted octanol–water partition coefficient (Wildman–Crippen LogP) is 4.63. The van der Waals surface area contributed by atoms with Gasteiger partial charge in [0, 0.05) is 41.4 Å². The second-order valence-corrected chi connectivity index (χ2v) is 12.8. The van der Waals surface area contributed by atoms with Crippen molar-refractivity contribution in [2.75, 3.05) is 43.2 Å². The van der Waals surface area contributed by atoms with Crippen molar-refractivity contribution in [2.24, 2.45) is 17.8 Å². The monoisotopic (exact) mass is 658 g/mol. The first kappa shape index (κ1) is 28.7. The van der Waals surface area contributed by atoms with E-state index in [2.05, 4.69) is 20.8 Å². The van der Waals surface area contributed by atoms with Gasteiger partial charge in [-0.15, -0.1) is 0 Å². The zero-order valence-electron chi connectivity index (χ0n) is 24.3. The number of hydrogen-bond donors (Lipinski definition) is 1. The predicted molar refractivity (Wildman–Crippen MR) is 166 cm³/mol. The van der Waals surface area contributed by atoms with Gasteiger partial charge in [-0.05, 0) is 89.7 Å². The third-order valence-corrected chi connectivity index (χ3v) is 10.3. The van der Waals surface area contributed by atoms with Gasteiger partial charge in [-0.1, -0.05) is 11.6 Å². The molecule has 2 fully saturated rings. The molecule has 0 spiro atoms. The summed E-state index contributed by atoms with van der Waals surface area (Å²) >= 11 is 3.40. The zero-order chi connectivity index (χ0) is 30.9.